The quantitative estimate of drug-likeness (QED) is 0.307. The number of benzene rings is 3. The molecule has 2 N–H and O–H groups in total. The van der Waals surface area contributed by atoms with Crippen LogP contribution in [0.5, 0.6) is 5.75 Å². The number of anilines is 2. The van der Waals surface area contributed by atoms with Crippen LogP contribution >= 0.6 is 23.4 Å². The lowest BCUT2D eigenvalue weighted by molar-refractivity contribution is -0.116. The lowest BCUT2D eigenvalue weighted by atomic mass is 10.1. The van der Waals surface area contributed by atoms with E-state index in [1.165, 1.54) is 11.8 Å². The number of thioether (sulfide) groups is 1. The zero-order chi connectivity index (χ0) is 23.6. The first-order valence-electron chi connectivity index (χ1n) is 10.8. The van der Waals surface area contributed by atoms with Gasteiger partial charge in [-0.05, 0) is 48.4 Å². The van der Waals surface area contributed by atoms with Crippen molar-refractivity contribution < 1.29 is 14.3 Å². The van der Waals surface area contributed by atoms with Crippen molar-refractivity contribution in [3.63, 3.8) is 0 Å². The number of unbranched alkanes of at least 4 members (excludes halogenated alkanes) is 1. The number of halogens is 1. The SMILES string of the molecule is CCCCC(=O)Nc1cccc(SC(C(=O)Nc2ccc(OC)c(Cl)c2)c2ccccc2)c1. The Hall–Kier alpha value is -2.96. The van der Waals surface area contributed by atoms with Gasteiger partial charge in [-0.15, -0.1) is 11.8 Å². The minimum Gasteiger partial charge on any atom is -0.495 e. The third kappa shape index (κ3) is 7.27. The number of nitrogens with one attached hydrogen (secondary N) is 2. The summed E-state index contributed by atoms with van der Waals surface area (Å²) in [5.41, 5.74) is 2.18. The third-order valence-corrected chi connectivity index (χ3v) is 6.43. The van der Waals surface area contributed by atoms with Crippen molar-refractivity contribution in [2.45, 2.75) is 36.3 Å². The van der Waals surface area contributed by atoms with E-state index in [0.717, 1.165) is 29.0 Å². The molecule has 7 heteroatoms. The Bertz CT molecular complexity index is 1090. The van der Waals surface area contributed by atoms with Crippen LogP contribution in [0.15, 0.2) is 77.7 Å². The molecular weight excluding hydrogens is 456 g/mol. The lowest BCUT2D eigenvalue weighted by Gasteiger charge is -2.18. The predicted octanol–water partition coefficient (Wildman–Crippen LogP) is 6.95. The molecule has 1 atom stereocenters. The van der Waals surface area contributed by atoms with Gasteiger partial charge in [-0.2, -0.15) is 0 Å². The summed E-state index contributed by atoms with van der Waals surface area (Å²) in [4.78, 5) is 26.3. The van der Waals surface area contributed by atoms with Crippen LogP contribution in [0.2, 0.25) is 5.02 Å². The lowest BCUT2D eigenvalue weighted by Crippen LogP contribution is -2.19. The van der Waals surface area contributed by atoms with Gasteiger partial charge in [0.25, 0.3) is 0 Å². The molecule has 0 aliphatic heterocycles. The van der Waals surface area contributed by atoms with E-state index in [1.54, 1.807) is 25.3 Å². The fraction of sp³-hybridized carbons (Fsp3) is 0.231. The van der Waals surface area contributed by atoms with Gasteiger partial charge in [0, 0.05) is 22.7 Å². The van der Waals surface area contributed by atoms with E-state index in [2.05, 4.69) is 17.6 Å². The maximum absolute atomic E-state index is 13.3. The first kappa shape index (κ1) is 24.7. The maximum Gasteiger partial charge on any atom is 0.242 e. The van der Waals surface area contributed by atoms with Gasteiger partial charge in [-0.1, -0.05) is 61.3 Å². The second-order valence-corrected chi connectivity index (χ2v) is 9.01. The molecule has 0 bridgehead atoms. The molecule has 1 unspecified atom stereocenters. The molecule has 172 valence electrons. The van der Waals surface area contributed by atoms with Crippen LogP contribution in [0, 0.1) is 0 Å². The smallest absolute Gasteiger partial charge is 0.242 e. The number of methoxy groups -OCH3 is 1. The topological polar surface area (TPSA) is 67.4 Å². The Kier molecular flexibility index (Phi) is 9.22. The largest absolute Gasteiger partial charge is 0.495 e. The molecule has 3 rings (SSSR count). The van der Waals surface area contributed by atoms with E-state index < -0.39 is 5.25 Å². The summed E-state index contributed by atoms with van der Waals surface area (Å²) >= 11 is 7.63. The monoisotopic (exact) mass is 482 g/mol. The zero-order valence-corrected chi connectivity index (χ0v) is 20.2. The zero-order valence-electron chi connectivity index (χ0n) is 18.6. The first-order chi connectivity index (χ1) is 16.0. The number of hydrogen-bond acceptors (Lipinski definition) is 4. The summed E-state index contributed by atoms with van der Waals surface area (Å²) in [6, 6.07) is 22.3. The van der Waals surface area contributed by atoms with Crippen molar-refractivity contribution in [2.24, 2.45) is 0 Å². The van der Waals surface area contributed by atoms with E-state index in [0.29, 0.717) is 22.9 Å². The highest BCUT2D eigenvalue weighted by atomic mass is 35.5. The van der Waals surface area contributed by atoms with Crippen molar-refractivity contribution in [3.8, 4) is 5.75 Å². The molecule has 0 saturated carbocycles. The Morgan fingerprint density at radius 3 is 2.42 bits per heavy atom. The van der Waals surface area contributed by atoms with E-state index in [1.807, 2.05) is 54.6 Å². The van der Waals surface area contributed by atoms with Crippen LogP contribution in [0.1, 0.15) is 37.0 Å². The van der Waals surface area contributed by atoms with E-state index >= 15 is 0 Å². The number of hydrogen-bond donors (Lipinski definition) is 2. The van der Waals surface area contributed by atoms with Gasteiger partial charge in [0.1, 0.15) is 11.0 Å². The van der Waals surface area contributed by atoms with E-state index in [9.17, 15) is 9.59 Å². The summed E-state index contributed by atoms with van der Waals surface area (Å²) in [5.74, 6) is 0.360. The fourth-order valence-electron chi connectivity index (χ4n) is 3.20. The summed E-state index contributed by atoms with van der Waals surface area (Å²) in [5, 5.41) is 5.81. The Morgan fingerprint density at radius 2 is 1.73 bits per heavy atom. The Balaban J connectivity index is 1.79. The molecular formula is C26H27ClN2O3S. The number of ether oxygens (including phenoxy) is 1. The van der Waals surface area contributed by atoms with Crippen LogP contribution in [0.25, 0.3) is 0 Å². The fourth-order valence-corrected chi connectivity index (χ4v) is 4.54. The summed E-state index contributed by atoms with van der Waals surface area (Å²) in [6.45, 7) is 2.05. The molecule has 0 aliphatic carbocycles. The molecule has 0 radical (unpaired) electrons. The average molecular weight is 483 g/mol. The van der Waals surface area contributed by atoms with Crippen LogP contribution in [-0.4, -0.2) is 18.9 Å². The highest BCUT2D eigenvalue weighted by Gasteiger charge is 2.23. The van der Waals surface area contributed by atoms with Gasteiger partial charge in [-0.3, -0.25) is 9.59 Å². The van der Waals surface area contributed by atoms with Crippen LogP contribution in [-0.2, 0) is 9.59 Å². The molecule has 0 aliphatic rings. The van der Waals surface area contributed by atoms with E-state index in [4.69, 9.17) is 16.3 Å². The first-order valence-corrected chi connectivity index (χ1v) is 12.0. The van der Waals surface area contributed by atoms with Gasteiger partial charge < -0.3 is 15.4 Å². The second kappa shape index (κ2) is 12.3. The summed E-state index contributed by atoms with van der Waals surface area (Å²) < 4.78 is 5.18. The van der Waals surface area contributed by atoms with Gasteiger partial charge in [-0.25, -0.2) is 0 Å². The molecule has 0 heterocycles. The van der Waals surface area contributed by atoms with Gasteiger partial charge >= 0.3 is 0 Å². The molecule has 2 amide bonds. The van der Waals surface area contributed by atoms with Gasteiger partial charge in [0.15, 0.2) is 0 Å². The number of carbonyl (C=O) groups excluding carboxylic acids is 2. The molecule has 33 heavy (non-hydrogen) atoms. The van der Waals surface area contributed by atoms with Gasteiger partial charge in [0.2, 0.25) is 11.8 Å². The van der Waals surface area contributed by atoms with Crippen molar-refractivity contribution >= 4 is 46.6 Å². The normalized spacial score (nSPS) is 11.5. The molecule has 3 aromatic rings. The molecule has 5 nitrogen and oxygen atoms in total. The van der Waals surface area contributed by atoms with E-state index in [-0.39, 0.29) is 11.8 Å². The maximum atomic E-state index is 13.3. The van der Waals surface area contributed by atoms with Crippen LogP contribution in [0.4, 0.5) is 11.4 Å². The van der Waals surface area contributed by atoms with Crippen molar-refractivity contribution in [2.75, 3.05) is 17.7 Å². The molecule has 0 saturated heterocycles. The molecule has 0 fully saturated rings. The van der Waals surface area contributed by atoms with Crippen LogP contribution in [0.3, 0.4) is 0 Å². The molecule has 3 aromatic carbocycles. The van der Waals surface area contributed by atoms with Crippen molar-refractivity contribution in [1.82, 2.24) is 0 Å². The minimum atomic E-state index is -0.502. The molecule has 0 spiro atoms. The Morgan fingerprint density at radius 1 is 0.970 bits per heavy atom. The summed E-state index contributed by atoms with van der Waals surface area (Å²) in [6.07, 6.45) is 2.32. The number of amides is 2. The highest BCUT2D eigenvalue weighted by molar-refractivity contribution is 8.00. The summed E-state index contributed by atoms with van der Waals surface area (Å²) in [7, 11) is 1.54. The van der Waals surface area contributed by atoms with Crippen molar-refractivity contribution in [3.05, 3.63) is 83.4 Å². The van der Waals surface area contributed by atoms with Crippen molar-refractivity contribution in [1.29, 1.82) is 0 Å². The average Bonchev–Trinajstić information content (AvgIpc) is 2.82. The Labute approximate surface area is 203 Å². The second-order valence-electron chi connectivity index (χ2n) is 7.43. The van der Waals surface area contributed by atoms with Gasteiger partial charge in [0.05, 0.1) is 12.1 Å². The number of rotatable bonds is 10. The van der Waals surface area contributed by atoms with Crippen LogP contribution < -0.4 is 15.4 Å². The number of carbonyl (C=O) groups is 2. The predicted molar refractivity (Wildman–Crippen MR) is 136 cm³/mol. The minimum absolute atomic E-state index is 0.00673. The highest BCUT2D eigenvalue weighted by Crippen LogP contribution is 2.37. The molecule has 0 aromatic heterocycles. The third-order valence-electron chi connectivity index (χ3n) is 4.89. The standard InChI is InChI=1S/C26H27ClN2O3S/c1-3-4-13-24(30)28-19-11-8-12-21(16-19)33-25(18-9-6-5-7-10-18)26(31)29-20-14-15-23(32-2)22(27)17-20/h5-12,14-17,25H,3-4,13H2,1-2H3,(H,28,30)(H,29,31).